The zero-order valence-electron chi connectivity index (χ0n) is 15.8. The third kappa shape index (κ3) is 4.30. The number of nitrogens with zero attached hydrogens (tertiary/aromatic N) is 3. The second-order valence-electron chi connectivity index (χ2n) is 6.50. The molecule has 0 radical (unpaired) electrons. The number of imidazole rings is 1. The van der Waals surface area contributed by atoms with Gasteiger partial charge in [0.2, 0.25) is 15.9 Å². The molecule has 1 N–H and O–H groups in total. The van der Waals surface area contributed by atoms with Crippen LogP contribution in [-0.4, -0.2) is 53.6 Å². The molecule has 1 aromatic carbocycles. The second kappa shape index (κ2) is 8.62. The van der Waals surface area contributed by atoms with Crippen LogP contribution >= 0.6 is 11.8 Å². The van der Waals surface area contributed by atoms with E-state index in [0.29, 0.717) is 31.7 Å². The van der Waals surface area contributed by atoms with Crippen LogP contribution in [0.4, 0.5) is 0 Å². The van der Waals surface area contributed by atoms with Crippen molar-refractivity contribution in [3.05, 3.63) is 18.2 Å². The summed E-state index contributed by atoms with van der Waals surface area (Å²) in [6.07, 6.45) is 2.90. The van der Waals surface area contributed by atoms with E-state index in [0.717, 1.165) is 29.9 Å². The average Bonchev–Trinajstić information content (AvgIpc) is 3.04. The van der Waals surface area contributed by atoms with Crippen molar-refractivity contribution in [2.75, 3.05) is 25.4 Å². The molecular weight excluding hydrogens is 384 g/mol. The van der Waals surface area contributed by atoms with Gasteiger partial charge in [-0.25, -0.2) is 13.4 Å². The summed E-state index contributed by atoms with van der Waals surface area (Å²) in [6.45, 7) is 6.35. The highest BCUT2D eigenvalue weighted by Crippen LogP contribution is 2.28. The SMILES string of the molecule is CCNC(=O)CSc1nc2cc(S(=O)(=O)N3CCCCC3)ccc2n1CC. The fourth-order valence-corrected chi connectivity index (χ4v) is 5.74. The minimum atomic E-state index is -3.48. The molecule has 0 unspecified atom stereocenters. The zero-order valence-corrected chi connectivity index (χ0v) is 17.4. The van der Waals surface area contributed by atoms with E-state index in [2.05, 4.69) is 10.3 Å². The molecule has 0 bridgehead atoms. The number of carbonyl (C=O) groups is 1. The number of benzene rings is 1. The molecule has 1 amide bonds. The first-order valence-electron chi connectivity index (χ1n) is 9.37. The Labute approximate surface area is 164 Å². The predicted octanol–water partition coefficient (Wildman–Crippen LogP) is 2.46. The third-order valence-corrected chi connectivity index (χ3v) is 7.53. The number of aromatic nitrogens is 2. The Morgan fingerprint density at radius 2 is 1.96 bits per heavy atom. The number of nitrogens with one attached hydrogen (secondary N) is 1. The van der Waals surface area contributed by atoms with Crippen molar-refractivity contribution in [2.24, 2.45) is 0 Å². The Morgan fingerprint density at radius 1 is 1.22 bits per heavy atom. The molecule has 1 saturated heterocycles. The summed E-state index contributed by atoms with van der Waals surface area (Å²) in [7, 11) is -3.48. The number of aryl methyl sites for hydroxylation is 1. The molecule has 27 heavy (non-hydrogen) atoms. The molecule has 1 fully saturated rings. The van der Waals surface area contributed by atoms with Crippen molar-refractivity contribution in [1.82, 2.24) is 19.2 Å². The predicted molar refractivity (Wildman–Crippen MR) is 107 cm³/mol. The van der Waals surface area contributed by atoms with Crippen LogP contribution in [0, 0.1) is 0 Å². The Bertz CT molecular complexity index is 918. The first-order valence-corrected chi connectivity index (χ1v) is 11.8. The number of thioether (sulfide) groups is 1. The number of amides is 1. The molecule has 0 aliphatic carbocycles. The maximum absolute atomic E-state index is 12.9. The van der Waals surface area contributed by atoms with Gasteiger partial charge in [-0.05, 0) is 44.9 Å². The Morgan fingerprint density at radius 3 is 2.63 bits per heavy atom. The summed E-state index contributed by atoms with van der Waals surface area (Å²) in [5, 5.41) is 3.50. The van der Waals surface area contributed by atoms with E-state index in [-0.39, 0.29) is 16.6 Å². The molecule has 1 aliphatic heterocycles. The molecule has 2 heterocycles. The number of hydrogen-bond donors (Lipinski definition) is 1. The van der Waals surface area contributed by atoms with Gasteiger partial charge in [-0.2, -0.15) is 4.31 Å². The number of carbonyl (C=O) groups excluding carboxylic acids is 1. The molecule has 0 spiro atoms. The number of hydrogen-bond acceptors (Lipinski definition) is 5. The quantitative estimate of drug-likeness (QED) is 0.709. The van der Waals surface area contributed by atoms with Crippen LogP contribution in [0.25, 0.3) is 11.0 Å². The van der Waals surface area contributed by atoms with E-state index in [4.69, 9.17) is 0 Å². The van der Waals surface area contributed by atoms with Gasteiger partial charge in [0.15, 0.2) is 5.16 Å². The number of fused-ring (bicyclic) bond motifs is 1. The van der Waals surface area contributed by atoms with E-state index in [1.807, 2.05) is 24.5 Å². The van der Waals surface area contributed by atoms with Gasteiger partial charge < -0.3 is 9.88 Å². The van der Waals surface area contributed by atoms with Crippen LogP contribution in [-0.2, 0) is 21.4 Å². The summed E-state index contributed by atoms with van der Waals surface area (Å²) in [6, 6.07) is 5.14. The molecule has 148 valence electrons. The fourth-order valence-electron chi connectivity index (χ4n) is 3.30. The lowest BCUT2D eigenvalue weighted by molar-refractivity contribution is -0.118. The van der Waals surface area contributed by atoms with Crippen LogP contribution in [0.2, 0.25) is 0 Å². The second-order valence-corrected chi connectivity index (χ2v) is 9.38. The van der Waals surface area contributed by atoms with Gasteiger partial charge in [0.1, 0.15) is 0 Å². The summed E-state index contributed by atoms with van der Waals surface area (Å²) in [5.74, 6) is 0.251. The summed E-state index contributed by atoms with van der Waals surface area (Å²) < 4.78 is 29.4. The van der Waals surface area contributed by atoms with Gasteiger partial charge in [0, 0.05) is 26.2 Å². The normalized spacial score (nSPS) is 15.9. The number of rotatable bonds is 7. The summed E-state index contributed by atoms with van der Waals surface area (Å²) in [5.41, 5.74) is 1.53. The van der Waals surface area contributed by atoms with Crippen LogP contribution in [0.1, 0.15) is 33.1 Å². The van der Waals surface area contributed by atoms with E-state index in [9.17, 15) is 13.2 Å². The molecule has 3 rings (SSSR count). The Balaban J connectivity index is 1.90. The van der Waals surface area contributed by atoms with Crippen molar-refractivity contribution in [3.8, 4) is 0 Å². The Hall–Kier alpha value is -1.58. The summed E-state index contributed by atoms with van der Waals surface area (Å²) >= 11 is 1.37. The number of sulfonamides is 1. The van der Waals surface area contributed by atoms with E-state index in [1.54, 1.807) is 16.4 Å². The maximum Gasteiger partial charge on any atom is 0.243 e. The van der Waals surface area contributed by atoms with Gasteiger partial charge in [0.05, 0.1) is 21.7 Å². The van der Waals surface area contributed by atoms with E-state index in [1.165, 1.54) is 11.8 Å². The molecular formula is C18H26N4O3S2. The highest BCUT2D eigenvalue weighted by Gasteiger charge is 2.26. The molecule has 1 aromatic heterocycles. The fraction of sp³-hybridized carbons (Fsp3) is 0.556. The van der Waals surface area contributed by atoms with Crippen LogP contribution in [0.15, 0.2) is 28.3 Å². The molecule has 9 heteroatoms. The maximum atomic E-state index is 12.9. The minimum Gasteiger partial charge on any atom is -0.356 e. The minimum absolute atomic E-state index is 0.0365. The standard InChI is InChI=1S/C18H26N4O3S2/c1-3-19-17(23)13-26-18-20-15-12-14(8-9-16(15)22(18)4-2)27(24,25)21-10-6-5-7-11-21/h8-9,12H,3-7,10-11,13H2,1-2H3,(H,19,23). The van der Waals surface area contributed by atoms with Gasteiger partial charge in [-0.15, -0.1) is 0 Å². The van der Waals surface area contributed by atoms with Gasteiger partial charge >= 0.3 is 0 Å². The third-order valence-electron chi connectivity index (χ3n) is 4.66. The molecule has 7 nitrogen and oxygen atoms in total. The summed E-state index contributed by atoms with van der Waals surface area (Å²) in [4.78, 5) is 16.6. The highest BCUT2D eigenvalue weighted by atomic mass is 32.2. The zero-order chi connectivity index (χ0) is 19.4. The average molecular weight is 411 g/mol. The lowest BCUT2D eigenvalue weighted by atomic mass is 10.2. The molecule has 0 saturated carbocycles. The lowest BCUT2D eigenvalue weighted by Gasteiger charge is -2.25. The van der Waals surface area contributed by atoms with E-state index < -0.39 is 10.0 Å². The largest absolute Gasteiger partial charge is 0.356 e. The van der Waals surface area contributed by atoms with Gasteiger partial charge in [0.25, 0.3) is 0 Å². The van der Waals surface area contributed by atoms with Crippen molar-refractivity contribution in [2.45, 2.75) is 49.7 Å². The van der Waals surface area contributed by atoms with Crippen LogP contribution < -0.4 is 5.32 Å². The van der Waals surface area contributed by atoms with Crippen molar-refractivity contribution in [3.63, 3.8) is 0 Å². The highest BCUT2D eigenvalue weighted by molar-refractivity contribution is 7.99. The monoisotopic (exact) mass is 410 g/mol. The first-order chi connectivity index (χ1) is 13.0. The van der Waals surface area contributed by atoms with E-state index >= 15 is 0 Å². The van der Waals surface area contributed by atoms with Crippen LogP contribution in [0.3, 0.4) is 0 Å². The van der Waals surface area contributed by atoms with Crippen molar-refractivity contribution >= 4 is 38.7 Å². The Kier molecular flexibility index (Phi) is 6.44. The van der Waals surface area contributed by atoms with Crippen molar-refractivity contribution < 1.29 is 13.2 Å². The van der Waals surface area contributed by atoms with Crippen LogP contribution in [0.5, 0.6) is 0 Å². The lowest BCUT2D eigenvalue weighted by Crippen LogP contribution is -2.35. The van der Waals surface area contributed by atoms with Gasteiger partial charge in [-0.3, -0.25) is 4.79 Å². The number of piperidine rings is 1. The smallest absolute Gasteiger partial charge is 0.243 e. The molecule has 1 aliphatic rings. The van der Waals surface area contributed by atoms with Crippen molar-refractivity contribution in [1.29, 1.82) is 0 Å². The topological polar surface area (TPSA) is 84.3 Å². The van der Waals surface area contributed by atoms with Gasteiger partial charge in [-0.1, -0.05) is 18.2 Å². The molecule has 2 aromatic rings. The molecule has 0 atom stereocenters. The first kappa shape index (κ1) is 20.2.